The number of alkyl halides is 5. The standard InChI is InChI=1S/C21H17F5N4O4S/c1-11-6-7-16(19(29-11)34-20(22)23)33-18-15(8-12(10-28-18)21(24,25)26)17(31)30-13-4-3-5-14(9-13)35(2,27)32/h3-10,20,27H,1-2H3,(H,30,31). The Morgan fingerprint density at radius 1 is 1.14 bits per heavy atom. The second kappa shape index (κ2) is 9.82. The Morgan fingerprint density at radius 3 is 2.49 bits per heavy atom. The summed E-state index contributed by atoms with van der Waals surface area (Å²) in [6.07, 6.45) is -3.28. The van der Waals surface area contributed by atoms with E-state index in [2.05, 4.69) is 20.0 Å². The molecule has 2 heterocycles. The van der Waals surface area contributed by atoms with E-state index in [9.17, 15) is 31.0 Å². The molecular formula is C21H17F5N4O4S. The van der Waals surface area contributed by atoms with E-state index in [0.29, 0.717) is 12.3 Å². The van der Waals surface area contributed by atoms with Gasteiger partial charge >= 0.3 is 12.8 Å². The van der Waals surface area contributed by atoms with Crippen LogP contribution >= 0.6 is 0 Å². The topological polar surface area (TPSA) is 114 Å². The van der Waals surface area contributed by atoms with Gasteiger partial charge in [0.1, 0.15) is 5.56 Å². The molecule has 1 aromatic carbocycles. The molecule has 3 aromatic rings. The molecule has 0 aliphatic rings. The van der Waals surface area contributed by atoms with E-state index in [4.69, 9.17) is 9.52 Å². The van der Waals surface area contributed by atoms with Gasteiger partial charge in [-0.15, -0.1) is 0 Å². The van der Waals surface area contributed by atoms with Crippen LogP contribution in [-0.2, 0) is 15.9 Å². The maximum Gasteiger partial charge on any atom is 0.417 e. The van der Waals surface area contributed by atoms with Gasteiger partial charge in [0.25, 0.3) is 11.8 Å². The van der Waals surface area contributed by atoms with E-state index in [0.717, 1.165) is 6.26 Å². The van der Waals surface area contributed by atoms with E-state index in [1.165, 1.54) is 43.3 Å². The highest BCUT2D eigenvalue weighted by atomic mass is 32.2. The molecule has 0 aliphatic heterocycles. The van der Waals surface area contributed by atoms with Gasteiger partial charge in [-0.1, -0.05) is 6.07 Å². The van der Waals surface area contributed by atoms with Crippen LogP contribution in [0.25, 0.3) is 0 Å². The van der Waals surface area contributed by atoms with Crippen molar-refractivity contribution in [3.8, 4) is 17.5 Å². The van der Waals surface area contributed by atoms with Gasteiger partial charge in [-0.25, -0.2) is 19.0 Å². The van der Waals surface area contributed by atoms with E-state index in [1.54, 1.807) is 0 Å². The lowest BCUT2D eigenvalue weighted by molar-refractivity contribution is -0.137. The summed E-state index contributed by atoms with van der Waals surface area (Å²) in [6.45, 7) is -1.79. The lowest BCUT2D eigenvalue weighted by Gasteiger charge is -2.15. The van der Waals surface area contributed by atoms with Gasteiger partial charge in [0.15, 0.2) is 5.75 Å². The number of nitrogens with one attached hydrogen (secondary N) is 2. The number of amides is 1. The Morgan fingerprint density at radius 2 is 1.86 bits per heavy atom. The Hall–Kier alpha value is -3.81. The molecular weight excluding hydrogens is 499 g/mol. The predicted octanol–water partition coefficient (Wildman–Crippen LogP) is 5.49. The number of hydrogen-bond donors (Lipinski definition) is 2. The number of hydrogen-bond acceptors (Lipinski definition) is 7. The maximum absolute atomic E-state index is 13.3. The quantitative estimate of drug-likeness (QED) is 0.402. The highest BCUT2D eigenvalue weighted by molar-refractivity contribution is 7.91. The highest BCUT2D eigenvalue weighted by Gasteiger charge is 2.33. The molecule has 2 N–H and O–H groups in total. The van der Waals surface area contributed by atoms with Crippen LogP contribution in [0.4, 0.5) is 27.6 Å². The van der Waals surface area contributed by atoms with Crippen LogP contribution in [0.5, 0.6) is 17.5 Å². The number of nitrogens with zero attached hydrogens (tertiary/aromatic N) is 2. The van der Waals surface area contributed by atoms with Gasteiger partial charge in [-0.3, -0.25) is 4.79 Å². The van der Waals surface area contributed by atoms with Crippen molar-refractivity contribution in [2.45, 2.75) is 24.6 Å². The molecule has 0 saturated heterocycles. The second-order valence-corrected chi connectivity index (χ2v) is 9.30. The minimum absolute atomic E-state index is 0.0383. The largest absolute Gasteiger partial charge is 0.432 e. The molecule has 0 fully saturated rings. The first-order valence-corrected chi connectivity index (χ1v) is 11.5. The molecule has 8 nitrogen and oxygen atoms in total. The summed E-state index contributed by atoms with van der Waals surface area (Å²) < 4.78 is 94.6. The first-order chi connectivity index (χ1) is 16.2. The number of rotatable bonds is 7. The molecule has 35 heavy (non-hydrogen) atoms. The molecule has 0 aliphatic carbocycles. The SMILES string of the molecule is Cc1ccc(Oc2ncc(C(F)(F)F)cc2C(=O)Nc2cccc(S(C)(=N)=O)c2)c(OC(F)F)n1. The number of aromatic nitrogens is 2. The van der Waals surface area contributed by atoms with Crippen molar-refractivity contribution in [3.63, 3.8) is 0 Å². The number of halogens is 5. The van der Waals surface area contributed by atoms with Gasteiger partial charge in [0, 0.05) is 28.7 Å². The van der Waals surface area contributed by atoms with Gasteiger partial charge < -0.3 is 14.8 Å². The summed E-state index contributed by atoms with van der Waals surface area (Å²) in [6, 6.07) is 8.41. The summed E-state index contributed by atoms with van der Waals surface area (Å²) >= 11 is 0. The van der Waals surface area contributed by atoms with Crippen molar-refractivity contribution in [2.75, 3.05) is 11.6 Å². The lowest BCUT2D eigenvalue weighted by Crippen LogP contribution is -2.16. The summed E-state index contributed by atoms with van der Waals surface area (Å²) in [7, 11) is -3.14. The van der Waals surface area contributed by atoms with Crippen molar-refractivity contribution in [1.29, 1.82) is 4.78 Å². The fraction of sp³-hybridized carbons (Fsp3) is 0.190. The van der Waals surface area contributed by atoms with E-state index >= 15 is 0 Å². The van der Waals surface area contributed by atoms with E-state index in [1.807, 2.05) is 0 Å². The molecule has 3 rings (SSSR count). The minimum Gasteiger partial charge on any atom is -0.432 e. The summed E-state index contributed by atoms with van der Waals surface area (Å²) in [5, 5.41) is 2.33. The second-order valence-electron chi connectivity index (χ2n) is 7.14. The summed E-state index contributed by atoms with van der Waals surface area (Å²) in [5.41, 5.74) is -1.63. The monoisotopic (exact) mass is 516 g/mol. The molecule has 2 aromatic heterocycles. The average Bonchev–Trinajstić information content (AvgIpc) is 2.74. The Balaban J connectivity index is 2.03. The number of pyridine rings is 2. The predicted molar refractivity (Wildman–Crippen MR) is 114 cm³/mol. The van der Waals surface area contributed by atoms with Gasteiger partial charge in [-0.2, -0.15) is 22.0 Å². The molecule has 1 unspecified atom stereocenters. The Kier molecular flexibility index (Phi) is 7.24. The molecule has 14 heteroatoms. The highest BCUT2D eigenvalue weighted by Crippen LogP contribution is 2.35. The molecule has 0 bridgehead atoms. The third-order valence-corrected chi connectivity index (χ3v) is 5.49. The maximum atomic E-state index is 13.3. The Labute approximate surface area is 196 Å². The van der Waals surface area contributed by atoms with Crippen LogP contribution in [0.3, 0.4) is 0 Å². The molecule has 0 spiro atoms. The van der Waals surface area contributed by atoms with Crippen molar-refractivity contribution in [2.24, 2.45) is 0 Å². The third kappa shape index (κ3) is 6.62. The third-order valence-electron chi connectivity index (χ3n) is 4.34. The van der Waals surface area contributed by atoms with E-state index < -0.39 is 57.1 Å². The van der Waals surface area contributed by atoms with Crippen LogP contribution in [0, 0.1) is 11.7 Å². The van der Waals surface area contributed by atoms with Crippen molar-refractivity contribution >= 4 is 21.3 Å². The number of aryl methyl sites for hydroxylation is 1. The summed E-state index contributed by atoms with van der Waals surface area (Å²) in [4.78, 5) is 20.3. The first-order valence-electron chi connectivity index (χ1n) is 9.57. The fourth-order valence-electron chi connectivity index (χ4n) is 2.74. The zero-order chi connectivity index (χ0) is 26.0. The fourth-order valence-corrected chi connectivity index (χ4v) is 3.43. The van der Waals surface area contributed by atoms with Crippen LogP contribution < -0.4 is 14.8 Å². The zero-order valence-electron chi connectivity index (χ0n) is 18.0. The van der Waals surface area contributed by atoms with Gasteiger partial charge in [-0.05, 0) is 43.3 Å². The normalized spacial score (nSPS) is 13.3. The van der Waals surface area contributed by atoms with Gasteiger partial charge in [0.05, 0.1) is 15.3 Å². The van der Waals surface area contributed by atoms with Crippen LogP contribution in [0.1, 0.15) is 21.6 Å². The van der Waals surface area contributed by atoms with Crippen LogP contribution in [0.2, 0.25) is 0 Å². The summed E-state index contributed by atoms with van der Waals surface area (Å²) in [5.74, 6) is -2.82. The van der Waals surface area contributed by atoms with Crippen LogP contribution in [0.15, 0.2) is 53.6 Å². The number of carbonyl (C=O) groups excluding carboxylic acids is 1. The smallest absolute Gasteiger partial charge is 0.417 e. The number of benzene rings is 1. The lowest BCUT2D eigenvalue weighted by atomic mass is 10.1. The van der Waals surface area contributed by atoms with Crippen molar-refractivity contribution in [1.82, 2.24) is 9.97 Å². The zero-order valence-corrected chi connectivity index (χ0v) is 18.8. The molecule has 0 saturated carbocycles. The van der Waals surface area contributed by atoms with Gasteiger partial charge in [0.2, 0.25) is 5.88 Å². The number of anilines is 1. The molecule has 1 amide bonds. The number of ether oxygens (including phenoxy) is 2. The van der Waals surface area contributed by atoms with Crippen molar-refractivity contribution in [3.05, 3.63) is 65.5 Å². The molecule has 186 valence electrons. The minimum atomic E-state index is -4.85. The first kappa shape index (κ1) is 25.8. The molecule has 1 atom stereocenters. The van der Waals surface area contributed by atoms with Crippen molar-refractivity contribution < 1.29 is 40.4 Å². The number of carbonyl (C=O) groups is 1. The average molecular weight is 516 g/mol. The van der Waals surface area contributed by atoms with E-state index in [-0.39, 0.29) is 16.3 Å². The Bertz CT molecular complexity index is 1360. The van der Waals surface area contributed by atoms with Crippen LogP contribution in [-0.4, -0.2) is 33.0 Å². The molecule has 0 radical (unpaired) electrons.